The van der Waals surface area contributed by atoms with E-state index in [4.69, 9.17) is 27.9 Å². The number of amides is 2. The highest BCUT2D eigenvalue weighted by atomic mass is 35.5. The molecule has 0 spiro atoms. The zero-order valence-corrected chi connectivity index (χ0v) is 16.0. The van der Waals surface area contributed by atoms with Crippen LogP contribution in [0.4, 0.5) is 0 Å². The second-order valence-electron chi connectivity index (χ2n) is 6.32. The summed E-state index contributed by atoms with van der Waals surface area (Å²) in [5.41, 5.74) is 0.837. The van der Waals surface area contributed by atoms with E-state index in [1.165, 1.54) is 12.4 Å². The number of nitrogens with one attached hydrogen (secondary N) is 2. The quantitative estimate of drug-likeness (QED) is 0.770. The van der Waals surface area contributed by atoms with Crippen LogP contribution in [-0.4, -0.2) is 42.6 Å². The van der Waals surface area contributed by atoms with Crippen molar-refractivity contribution < 1.29 is 14.3 Å². The summed E-state index contributed by atoms with van der Waals surface area (Å²) >= 11 is 12.0. The molecule has 2 N–H and O–H groups in total. The van der Waals surface area contributed by atoms with Gasteiger partial charge in [0.2, 0.25) is 0 Å². The van der Waals surface area contributed by atoms with Crippen molar-refractivity contribution in [3.8, 4) is 0 Å². The summed E-state index contributed by atoms with van der Waals surface area (Å²) in [5.74, 6) is -0.265. The standard InChI is InChI=1S/C19H19Cl2N3O3/c20-15-9-22-10-16(21)17(15)19(26)24-8-14-6-12(11-27-14)7-23-18(25)13-4-2-1-3-5-13/h1-5,9-10,12,14H,6-8,11H2,(H,23,25)(H,24,26). The van der Waals surface area contributed by atoms with E-state index in [0.29, 0.717) is 25.3 Å². The number of ether oxygens (including phenoxy) is 1. The zero-order valence-electron chi connectivity index (χ0n) is 14.5. The van der Waals surface area contributed by atoms with Crippen LogP contribution in [0, 0.1) is 5.92 Å². The van der Waals surface area contributed by atoms with Crippen LogP contribution in [-0.2, 0) is 4.74 Å². The lowest BCUT2D eigenvalue weighted by molar-refractivity contribution is 0.0843. The predicted octanol–water partition coefficient (Wildman–Crippen LogP) is 2.95. The van der Waals surface area contributed by atoms with Gasteiger partial charge in [-0.25, -0.2) is 0 Å². The van der Waals surface area contributed by atoms with E-state index in [0.717, 1.165) is 6.42 Å². The molecule has 2 amide bonds. The average molecular weight is 408 g/mol. The van der Waals surface area contributed by atoms with Crippen LogP contribution in [0.3, 0.4) is 0 Å². The Hall–Kier alpha value is -2.15. The molecule has 1 aromatic heterocycles. The van der Waals surface area contributed by atoms with E-state index >= 15 is 0 Å². The number of halogens is 2. The fourth-order valence-electron chi connectivity index (χ4n) is 2.92. The van der Waals surface area contributed by atoms with E-state index in [-0.39, 0.29) is 39.4 Å². The molecular weight excluding hydrogens is 389 g/mol. The maximum absolute atomic E-state index is 12.3. The van der Waals surface area contributed by atoms with Gasteiger partial charge in [-0.1, -0.05) is 41.4 Å². The molecule has 1 fully saturated rings. The first-order valence-electron chi connectivity index (χ1n) is 8.56. The number of benzene rings is 1. The molecular formula is C19H19Cl2N3O3. The van der Waals surface area contributed by atoms with Crippen LogP contribution in [0.1, 0.15) is 27.1 Å². The van der Waals surface area contributed by atoms with Crippen LogP contribution >= 0.6 is 23.2 Å². The van der Waals surface area contributed by atoms with Gasteiger partial charge < -0.3 is 15.4 Å². The van der Waals surface area contributed by atoms with E-state index < -0.39 is 0 Å². The molecule has 2 aromatic rings. The Morgan fingerprint density at radius 1 is 1.04 bits per heavy atom. The molecule has 3 rings (SSSR count). The number of nitrogens with zero attached hydrogens (tertiary/aromatic N) is 1. The maximum atomic E-state index is 12.3. The van der Waals surface area contributed by atoms with Crippen LogP contribution in [0.25, 0.3) is 0 Å². The van der Waals surface area contributed by atoms with Gasteiger partial charge in [-0.2, -0.15) is 0 Å². The second kappa shape index (κ2) is 9.17. The number of pyridine rings is 1. The molecule has 1 aliphatic heterocycles. The molecule has 2 heterocycles. The number of carbonyl (C=O) groups is 2. The molecule has 2 unspecified atom stereocenters. The van der Waals surface area contributed by atoms with Gasteiger partial charge in [0.1, 0.15) is 0 Å². The first-order valence-corrected chi connectivity index (χ1v) is 9.32. The van der Waals surface area contributed by atoms with Gasteiger partial charge in [0.15, 0.2) is 0 Å². The molecule has 1 aliphatic rings. The number of aromatic nitrogens is 1. The third-order valence-corrected chi connectivity index (χ3v) is 4.90. The van der Waals surface area contributed by atoms with Crippen molar-refractivity contribution in [2.75, 3.05) is 19.7 Å². The van der Waals surface area contributed by atoms with Crippen LogP contribution in [0.2, 0.25) is 10.0 Å². The van der Waals surface area contributed by atoms with Crippen molar-refractivity contribution in [2.45, 2.75) is 12.5 Å². The lowest BCUT2D eigenvalue weighted by atomic mass is 10.1. The van der Waals surface area contributed by atoms with Gasteiger partial charge in [-0.3, -0.25) is 14.6 Å². The van der Waals surface area contributed by atoms with Crippen molar-refractivity contribution in [3.63, 3.8) is 0 Å². The maximum Gasteiger partial charge on any atom is 0.254 e. The summed E-state index contributed by atoms with van der Waals surface area (Å²) in [6.45, 7) is 1.41. The largest absolute Gasteiger partial charge is 0.376 e. The van der Waals surface area contributed by atoms with Crippen LogP contribution in [0.15, 0.2) is 42.7 Å². The second-order valence-corrected chi connectivity index (χ2v) is 7.14. The summed E-state index contributed by atoms with van der Waals surface area (Å²) in [5, 5.41) is 6.11. The molecule has 1 saturated heterocycles. The molecule has 6 nitrogen and oxygen atoms in total. The monoisotopic (exact) mass is 407 g/mol. The Bertz CT molecular complexity index is 797. The minimum Gasteiger partial charge on any atom is -0.376 e. The smallest absolute Gasteiger partial charge is 0.254 e. The topological polar surface area (TPSA) is 80.3 Å². The molecule has 142 valence electrons. The Morgan fingerprint density at radius 2 is 1.70 bits per heavy atom. The minimum atomic E-state index is -0.364. The predicted molar refractivity (Wildman–Crippen MR) is 103 cm³/mol. The first kappa shape index (κ1) is 19.6. The number of carbonyl (C=O) groups excluding carboxylic acids is 2. The van der Waals surface area contributed by atoms with Crippen molar-refractivity contribution in [1.29, 1.82) is 0 Å². The SMILES string of the molecule is O=C(NCC1COC(CNC(=O)c2c(Cl)cncc2Cl)C1)c1ccccc1. The summed E-state index contributed by atoms with van der Waals surface area (Å²) in [6, 6.07) is 9.07. The lowest BCUT2D eigenvalue weighted by Crippen LogP contribution is -2.33. The highest BCUT2D eigenvalue weighted by molar-refractivity contribution is 6.39. The van der Waals surface area contributed by atoms with Gasteiger partial charge in [-0.05, 0) is 18.6 Å². The highest BCUT2D eigenvalue weighted by Crippen LogP contribution is 2.23. The highest BCUT2D eigenvalue weighted by Gasteiger charge is 2.27. The normalized spacial score (nSPS) is 18.9. The van der Waals surface area contributed by atoms with Crippen molar-refractivity contribution in [1.82, 2.24) is 15.6 Å². The number of hydrogen-bond acceptors (Lipinski definition) is 4. The molecule has 0 bridgehead atoms. The summed E-state index contributed by atoms with van der Waals surface area (Å²) in [7, 11) is 0. The first-order chi connectivity index (χ1) is 13.0. The summed E-state index contributed by atoms with van der Waals surface area (Å²) in [4.78, 5) is 28.2. The van der Waals surface area contributed by atoms with Crippen molar-refractivity contribution >= 4 is 35.0 Å². The van der Waals surface area contributed by atoms with E-state index in [2.05, 4.69) is 15.6 Å². The van der Waals surface area contributed by atoms with Gasteiger partial charge in [0, 0.05) is 37.0 Å². The molecule has 2 atom stereocenters. The minimum absolute atomic E-state index is 0.102. The number of rotatable bonds is 6. The molecule has 0 saturated carbocycles. The third-order valence-electron chi connectivity index (χ3n) is 4.32. The van der Waals surface area contributed by atoms with E-state index in [1.54, 1.807) is 12.1 Å². The zero-order chi connectivity index (χ0) is 19.2. The Morgan fingerprint density at radius 3 is 2.41 bits per heavy atom. The molecule has 1 aromatic carbocycles. The van der Waals surface area contributed by atoms with Crippen molar-refractivity contribution in [2.24, 2.45) is 5.92 Å². The molecule has 0 radical (unpaired) electrons. The van der Waals surface area contributed by atoms with Crippen molar-refractivity contribution in [3.05, 3.63) is 63.9 Å². The molecule has 0 aliphatic carbocycles. The lowest BCUT2D eigenvalue weighted by Gasteiger charge is -2.13. The van der Waals surface area contributed by atoms with Crippen LogP contribution < -0.4 is 10.6 Å². The van der Waals surface area contributed by atoms with Gasteiger partial charge >= 0.3 is 0 Å². The Labute approximate surface area is 167 Å². The van der Waals surface area contributed by atoms with Gasteiger partial charge in [0.05, 0.1) is 28.3 Å². The van der Waals surface area contributed by atoms with Crippen LogP contribution in [0.5, 0.6) is 0 Å². The fraction of sp³-hybridized carbons (Fsp3) is 0.316. The average Bonchev–Trinajstić information content (AvgIpc) is 3.13. The summed E-state index contributed by atoms with van der Waals surface area (Å²) in [6.07, 6.45) is 3.37. The molecule has 8 heteroatoms. The summed E-state index contributed by atoms with van der Waals surface area (Å²) < 4.78 is 5.71. The van der Waals surface area contributed by atoms with Gasteiger partial charge in [-0.15, -0.1) is 0 Å². The fourth-order valence-corrected chi connectivity index (χ4v) is 3.45. The van der Waals surface area contributed by atoms with E-state index in [9.17, 15) is 9.59 Å². The van der Waals surface area contributed by atoms with Gasteiger partial charge in [0.25, 0.3) is 11.8 Å². The molecule has 27 heavy (non-hydrogen) atoms. The Kier molecular flexibility index (Phi) is 6.66. The number of hydrogen-bond donors (Lipinski definition) is 2. The Balaban J connectivity index is 1.43. The van der Waals surface area contributed by atoms with E-state index in [1.807, 2.05) is 18.2 Å². The third kappa shape index (κ3) is 5.19.